The van der Waals surface area contributed by atoms with Gasteiger partial charge in [0.15, 0.2) is 0 Å². The van der Waals surface area contributed by atoms with Gasteiger partial charge in [0.2, 0.25) is 0 Å². The highest BCUT2D eigenvalue weighted by Crippen LogP contribution is 2.28. The summed E-state index contributed by atoms with van der Waals surface area (Å²) >= 11 is 1.84. The van der Waals surface area contributed by atoms with Gasteiger partial charge in [0.1, 0.15) is 12.4 Å². The van der Waals surface area contributed by atoms with Crippen molar-refractivity contribution in [3.05, 3.63) is 131 Å². The van der Waals surface area contributed by atoms with Crippen LogP contribution in [0.15, 0.2) is 108 Å². The maximum atomic E-state index is 11.7. The summed E-state index contributed by atoms with van der Waals surface area (Å²) < 4.78 is 11.0. The van der Waals surface area contributed by atoms with Gasteiger partial charge in [-0.05, 0) is 65.4 Å². The summed E-state index contributed by atoms with van der Waals surface area (Å²) in [6.07, 6.45) is 1.87. The molecule has 0 fully saturated rings. The molecule has 4 heteroatoms. The van der Waals surface area contributed by atoms with Gasteiger partial charge in [-0.3, -0.25) is 0 Å². The van der Waals surface area contributed by atoms with Crippen molar-refractivity contribution in [3.63, 3.8) is 0 Å². The molecule has 4 rings (SSSR count). The van der Waals surface area contributed by atoms with Crippen LogP contribution in [0, 0.1) is 0 Å². The van der Waals surface area contributed by atoms with Crippen molar-refractivity contribution >= 4 is 17.7 Å². The number of benzene rings is 4. The van der Waals surface area contributed by atoms with Gasteiger partial charge in [0.05, 0.1) is 12.7 Å². The van der Waals surface area contributed by atoms with E-state index in [0.717, 1.165) is 29.9 Å². The summed E-state index contributed by atoms with van der Waals surface area (Å²) in [6, 6.07) is 34.9. The third-order valence-corrected chi connectivity index (χ3v) is 6.65. The summed E-state index contributed by atoms with van der Waals surface area (Å²) in [5.41, 5.74) is 5.35. The molecule has 0 amide bonds. The van der Waals surface area contributed by atoms with Crippen molar-refractivity contribution < 1.29 is 14.3 Å². The topological polar surface area (TPSA) is 35.5 Å². The molecule has 34 heavy (non-hydrogen) atoms. The third-order valence-electron chi connectivity index (χ3n) is 5.57. The fourth-order valence-corrected chi connectivity index (χ4v) is 4.54. The first-order chi connectivity index (χ1) is 16.7. The Bertz CT molecular complexity index is 1190. The lowest BCUT2D eigenvalue weighted by atomic mass is 10.0. The third kappa shape index (κ3) is 6.75. The Morgan fingerprint density at radius 2 is 1.41 bits per heavy atom. The number of hydrogen-bond donors (Lipinski definition) is 0. The van der Waals surface area contributed by atoms with Crippen LogP contribution in [-0.2, 0) is 29.9 Å². The van der Waals surface area contributed by atoms with Gasteiger partial charge in [0, 0.05) is 10.6 Å². The number of hydrogen-bond acceptors (Lipinski definition) is 4. The van der Waals surface area contributed by atoms with Crippen molar-refractivity contribution in [2.75, 3.05) is 7.11 Å². The van der Waals surface area contributed by atoms with Crippen LogP contribution in [0.4, 0.5) is 0 Å². The summed E-state index contributed by atoms with van der Waals surface area (Å²) in [4.78, 5) is 12.9. The Kier molecular flexibility index (Phi) is 8.42. The molecule has 0 saturated carbocycles. The van der Waals surface area contributed by atoms with Crippen LogP contribution in [-0.4, -0.2) is 13.1 Å². The van der Waals surface area contributed by atoms with Crippen LogP contribution in [0.1, 0.15) is 32.6 Å². The van der Waals surface area contributed by atoms with E-state index in [4.69, 9.17) is 9.47 Å². The molecule has 0 aliphatic heterocycles. The molecule has 0 unspecified atom stereocenters. The molecule has 4 aromatic carbocycles. The molecule has 172 valence electrons. The smallest absolute Gasteiger partial charge is 0.337 e. The number of aryl methyl sites for hydroxylation is 2. The van der Waals surface area contributed by atoms with E-state index in [2.05, 4.69) is 66.7 Å². The van der Waals surface area contributed by atoms with Crippen molar-refractivity contribution in [2.45, 2.75) is 30.1 Å². The number of esters is 1. The summed E-state index contributed by atoms with van der Waals surface area (Å²) in [5, 5.41) is 0. The van der Waals surface area contributed by atoms with Gasteiger partial charge in [-0.1, -0.05) is 72.8 Å². The Hall–Kier alpha value is -3.50. The second-order valence-corrected chi connectivity index (χ2v) is 9.06. The maximum Gasteiger partial charge on any atom is 0.337 e. The molecule has 0 radical (unpaired) electrons. The van der Waals surface area contributed by atoms with Crippen molar-refractivity contribution in [2.24, 2.45) is 0 Å². The monoisotopic (exact) mass is 468 g/mol. The van der Waals surface area contributed by atoms with Crippen LogP contribution < -0.4 is 4.74 Å². The maximum absolute atomic E-state index is 11.7. The zero-order chi connectivity index (χ0) is 23.6. The average Bonchev–Trinajstić information content (AvgIpc) is 2.91. The predicted octanol–water partition coefficient (Wildman–Crippen LogP) is 7.13. The SMILES string of the molecule is COC(=O)c1ccc(COc2ccc(CSc3ccccc3)cc2CCc2ccccc2)cc1. The lowest BCUT2D eigenvalue weighted by Gasteiger charge is -2.14. The minimum atomic E-state index is -0.334. The van der Waals surface area contributed by atoms with E-state index < -0.39 is 0 Å². The lowest BCUT2D eigenvalue weighted by Crippen LogP contribution is -2.03. The molecular formula is C30H28O3S. The first-order valence-corrected chi connectivity index (χ1v) is 12.3. The van der Waals surface area contributed by atoms with Gasteiger partial charge in [-0.25, -0.2) is 4.79 Å². The molecule has 0 atom stereocenters. The number of carbonyl (C=O) groups is 1. The molecule has 0 aliphatic carbocycles. The highest BCUT2D eigenvalue weighted by Gasteiger charge is 2.09. The Morgan fingerprint density at radius 3 is 2.12 bits per heavy atom. The molecular weight excluding hydrogens is 440 g/mol. The van der Waals surface area contributed by atoms with E-state index in [1.165, 1.54) is 28.7 Å². The Labute approximate surface area is 205 Å². The highest BCUT2D eigenvalue weighted by atomic mass is 32.2. The first-order valence-electron chi connectivity index (χ1n) is 11.3. The number of ether oxygens (including phenoxy) is 2. The van der Waals surface area contributed by atoms with E-state index in [1.807, 2.05) is 36.0 Å². The molecule has 0 heterocycles. The fourth-order valence-electron chi connectivity index (χ4n) is 3.68. The van der Waals surface area contributed by atoms with Crippen molar-refractivity contribution in [3.8, 4) is 5.75 Å². The van der Waals surface area contributed by atoms with Crippen LogP contribution in [0.3, 0.4) is 0 Å². The largest absolute Gasteiger partial charge is 0.489 e. The van der Waals surface area contributed by atoms with Crippen LogP contribution >= 0.6 is 11.8 Å². The molecule has 0 N–H and O–H groups in total. The molecule has 0 saturated heterocycles. The molecule has 3 nitrogen and oxygen atoms in total. The molecule has 0 aromatic heterocycles. The second-order valence-electron chi connectivity index (χ2n) is 8.01. The minimum absolute atomic E-state index is 0.334. The van der Waals surface area contributed by atoms with Gasteiger partial charge >= 0.3 is 5.97 Å². The number of rotatable bonds is 10. The second kappa shape index (κ2) is 12.1. The van der Waals surface area contributed by atoms with Crippen molar-refractivity contribution in [1.29, 1.82) is 0 Å². The van der Waals surface area contributed by atoms with Gasteiger partial charge in [-0.15, -0.1) is 11.8 Å². The van der Waals surface area contributed by atoms with Gasteiger partial charge in [-0.2, -0.15) is 0 Å². The first kappa shape index (κ1) is 23.7. The van der Waals surface area contributed by atoms with Crippen molar-refractivity contribution in [1.82, 2.24) is 0 Å². The van der Waals surface area contributed by atoms with Crippen LogP contribution in [0.25, 0.3) is 0 Å². The van der Waals surface area contributed by atoms with Gasteiger partial charge in [0.25, 0.3) is 0 Å². The Morgan fingerprint density at radius 1 is 0.735 bits per heavy atom. The lowest BCUT2D eigenvalue weighted by molar-refractivity contribution is 0.0600. The predicted molar refractivity (Wildman–Crippen MR) is 138 cm³/mol. The Balaban J connectivity index is 1.46. The molecule has 0 bridgehead atoms. The van der Waals surface area contributed by atoms with E-state index in [1.54, 1.807) is 12.1 Å². The fraction of sp³-hybridized carbons (Fsp3) is 0.167. The number of methoxy groups -OCH3 is 1. The van der Waals surface area contributed by atoms with Crippen LogP contribution in [0.2, 0.25) is 0 Å². The summed E-state index contributed by atoms with van der Waals surface area (Å²) in [5.74, 6) is 1.48. The van der Waals surface area contributed by atoms with E-state index in [9.17, 15) is 4.79 Å². The highest BCUT2D eigenvalue weighted by molar-refractivity contribution is 7.98. The number of thioether (sulfide) groups is 1. The van der Waals surface area contributed by atoms with E-state index in [0.29, 0.717) is 12.2 Å². The molecule has 4 aromatic rings. The van der Waals surface area contributed by atoms with Crippen LogP contribution in [0.5, 0.6) is 5.75 Å². The number of carbonyl (C=O) groups excluding carboxylic acids is 1. The summed E-state index contributed by atoms with van der Waals surface area (Å²) in [6.45, 7) is 0.442. The van der Waals surface area contributed by atoms with E-state index in [-0.39, 0.29) is 5.97 Å². The zero-order valence-corrected chi connectivity index (χ0v) is 20.1. The van der Waals surface area contributed by atoms with Gasteiger partial charge < -0.3 is 9.47 Å². The zero-order valence-electron chi connectivity index (χ0n) is 19.3. The quantitative estimate of drug-likeness (QED) is 0.183. The standard InChI is InChI=1S/C30H28O3S/c1-32-30(31)26-16-13-24(14-17-26)21-33-29-19-15-25(22-34-28-10-6-3-7-11-28)20-27(29)18-12-23-8-4-2-5-9-23/h2-11,13-17,19-20H,12,18,21-22H2,1H3. The molecule has 0 spiro atoms. The normalized spacial score (nSPS) is 10.6. The summed E-state index contributed by atoms with van der Waals surface area (Å²) in [7, 11) is 1.39. The average molecular weight is 469 g/mol. The van der Waals surface area contributed by atoms with E-state index >= 15 is 0 Å². The molecule has 0 aliphatic rings. The minimum Gasteiger partial charge on any atom is -0.489 e.